The van der Waals surface area contributed by atoms with E-state index in [-0.39, 0.29) is 11.3 Å². The van der Waals surface area contributed by atoms with Crippen molar-refractivity contribution in [1.29, 1.82) is 5.26 Å². The highest BCUT2D eigenvalue weighted by Crippen LogP contribution is 2.61. The third-order valence-electron chi connectivity index (χ3n) is 3.75. The lowest BCUT2D eigenvalue weighted by molar-refractivity contribution is -0.139. The number of nitrogens with zero attached hydrogens (tertiary/aromatic N) is 1. The van der Waals surface area contributed by atoms with E-state index in [1.165, 1.54) is 0 Å². The van der Waals surface area contributed by atoms with Gasteiger partial charge in [-0.2, -0.15) is 5.26 Å². The third kappa shape index (κ3) is 2.50. The van der Waals surface area contributed by atoms with Crippen LogP contribution in [-0.4, -0.2) is 11.1 Å². The van der Waals surface area contributed by atoms with Gasteiger partial charge in [-0.3, -0.25) is 4.79 Å². The normalized spacial score (nSPS) is 24.6. The maximum atomic E-state index is 11.2. The van der Waals surface area contributed by atoms with Gasteiger partial charge in [0.15, 0.2) is 0 Å². The molecule has 98 valence electrons. The van der Waals surface area contributed by atoms with Crippen LogP contribution in [0, 0.1) is 28.6 Å². The second-order valence-corrected chi connectivity index (χ2v) is 5.81. The number of halogens is 1. The van der Waals surface area contributed by atoms with E-state index in [0.717, 1.165) is 5.56 Å². The summed E-state index contributed by atoms with van der Waals surface area (Å²) in [5, 5.41) is 19.0. The van der Waals surface area contributed by atoms with Crippen LogP contribution in [0.25, 0.3) is 6.08 Å². The smallest absolute Gasteiger partial charge is 0.307 e. The molecule has 0 spiro atoms. The number of hydrogen-bond acceptors (Lipinski definition) is 2. The largest absolute Gasteiger partial charge is 0.481 e. The summed E-state index contributed by atoms with van der Waals surface area (Å²) in [5.74, 6) is -1.54. The highest BCUT2D eigenvalue weighted by molar-refractivity contribution is 6.30. The van der Waals surface area contributed by atoms with E-state index in [0.29, 0.717) is 10.6 Å². The Bertz CT molecular complexity index is 581. The zero-order valence-corrected chi connectivity index (χ0v) is 11.5. The Kier molecular flexibility index (Phi) is 3.38. The second kappa shape index (κ2) is 4.71. The second-order valence-electron chi connectivity index (χ2n) is 5.38. The van der Waals surface area contributed by atoms with Crippen LogP contribution in [0.4, 0.5) is 0 Å². The zero-order valence-electron chi connectivity index (χ0n) is 10.7. The maximum Gasteiger partial charge on any atom is 0.307 e. The van der Waals surface area contributed by atoms with Crippen molar-refractivity contribution in [3.05, 3.63) is 40.4 Å². The monoisotopic (exact) mass is 275 g/mol. The fraction of sp³-hybridized carbons (Fsp3) is 0.333. The van der Waals surface area contributed by atoms with E-state index in [4.69, 9.17) is 16.7 Å². The Hall–Kier alpha value is -1.79. The van der Waals surface area contributed by atoms with E-state index in [9.17, 15) is 10.1 Å². The molecule has 3 nitrogen and oxygen atoms in total. The Balaban J connectivity index is 2.30. The van der Waals surface area contributed by atoms with Gasteiger partial charge in [-0.1, -0.05) is 37.6 Å². The molecule has 1 fully saturated rings. The molecule has 1 aliphatic rings. The van der Waals surface area contributed by atoms with Gasteiger partial charge in [-0.05, 0) is 29.2 Å². The number of carboxylic acids is 1. The summed E-state index contributed by atoms with van der Waals surface area (Å²) in [5.41, 5.74) is 1.01. The van der Waals surface area contributed by atoms with Gasteiger partial charge in [0, 0.05) is 16.5 Å². The van der Waals surface area contributed by atoms with Crippen molar-refractivity contribution in [3.8, 4) is 6.07 Å². The number of carboxylic acid groups (broad SMARTS) is 1. The molecule has 0 heterocycles. The summed E-state index contributed by atoms with van der Waals surface area (Å²) in [6.45, 7) is 3.76. The van der Waals surface area contributed by atoms with Gasteiger partial charge >= 0.3 is 5.97 Å². The summed E-state index contributed by atoms with van der Waals surface area (Å²) in [4.78, 5) is 11.2. The summed E-state index contributed by atoms with van der Waals surface area (Å²) in [6, 6.07) is 9.24. The average Bonchev–Trinajstić information content (AvgIpc) is 2.92. The lowest BCUT2D eigenvalue weighted by Crippen LogP contribution is -2.03. The minimum absolute atomic E-state index is 0.217. The summed E-state index contributed by atoms with van der Waals surface area (Å²) in [7, 11) is 0. The van der Waals surface area contributed by atoms with E-state index >= 15 is 0 Å². The van der Waals surface area contributed by atoms with E-state index in [2.05, 4.69) is 6.07 Å². The molecule has 0 aromatic heterocycles. The first-order chi connectivity index (χ1) is 8.87. The van der Waals surface area contributed by atoms with Crippen molar-refractivity contribution in [2.75, 3.05) is 0 Å². The first-order valence-electron chi connectivity index (χ1n) is 5.98. The Morgan fingerprint density at radius 3 is 2.37 bits per heavy atom. The first kappa shape index (κ1) is 13.6. The molecule has 1 saturated carbocycles. The molecule has 19 heavy (non-hydrogen) atoms. The van der Waals surface area contributed by atoms with E-state index in [1.54, 1.807) is 18.2 Å². The number of benzene rings is 1. The van der Waals surface area contributed by atoms with Crippen molar-refractivity contribution in [3.63, 3.8) is 0 Å². The Morgan fingerprint density at radius 1 is 1.37 bits per heavy atom. The van der Waals surface area contributed by atoms with Crippen LogP contribution < -0.4 is 0 Å². The number of nitriles is 1. The van der Waals surface area contributed by atoms with Crippen LogP contribution in [0.2, 0.25) is 5.02 Å². The van der Waals surface area contributed by atoms with Crippen LogP contribution >= 0.6 is 11.6 Å². The van der Waals surface area contributed by atoms with Gasteiger partial charge in [0.05, 0.1) is 12.0 Å². The highest BCUT2D eigenvalue weighted by atomic mass is 35.5. The molecule has 1 aliphatic carbocycles. The van der Waals surface area contributed by atoms with E-state index in [1.807, 2.05) is 26.0 Å². The molecular weight excluding hydrogens is 262 g/mol. The molecule has 1 aromatic carbocycles. The fourth-order valence-corrected chi connectivity index (χ4v) is 2.74. The van der Waals surface area contributed by atoms with Crippen LogP contribution in [0.15, 0.2) is 29.8 Å². The minimum Gasteiger partial charge on any atom is -0.481 e. The number of allylic oxidation sites excluding steroid dienone is 1. The van der Waals surface area contributed by atoms with Crippen molar-refractivity contribution >= 4 is 23.6 Å². The standard InChI is InChI=1S/C15H14ClNO2/c1-15(2)12(13(15)14(18)19)10(8-17)7-9-3-5-11(16)6-4-9/h3-7,12-13H,1-2H3,(H,18,19)/b10-7-. The average molecular weight is 276 g/mol. The zero-order chi connectivity index (χ0) is 14.2. The molecular formula is C15H14ClNO2. The number of rotatable bonds is 3. The van der Waals surface area contributed by atoms with Crippen LogP contribution in [-0.2, 0) is 4.79 Å². The lowest BCUT2D eigenvalue weighted by Gasteiger charge is -2.01. The third-order valence-corrected chi connectivity index (χ3v) is 4.00. The first-order valence-corrected chi connectivity index (χ1v) is 6.36. The number of aliphatic carboxylic acids is 1. The van der Waals surface area contributed by atoms with Gasteiger partial charge in [0.25, 0.3) is 0 Å². The quantitative estimate of drug-likeness (QED) is 0.857. The molecule has 0 aliphatic heterocycles. The van der Waals surface area contributed by atoms with Crippen molar-refractivity contribution < 1.29 is 9.90 Å². The van der Waals surface area contributed by atoms with Crippen LogP contribution in [0.3, 0.4) is 0 Å². The Morgan fingerprint density at radius 2 is 1.95 bits per heavy atom. The molecule has 1 aromatic rings. The molecule has 2 atom stereocenters. The van der Waals surface area contributed by atoms with Crippen molar-refractivity contribution in [1.82, 2.24) is 0 Å². The van der Waals surface area contributed by atoms with Crippen molar-refractivity contribution in [2.45, 2.75) is 13.8 Å². The predicted octanol–water partition coefficient (Wildman–Crippen LogP) is 3.60. The SMILES string of the molecule is CC1(C)C(C(=O)O)C1/C(C#N)=C\c1ccc(Cl)cc1. The van der Waals surface area contributed by atoms with Crippen molar-refractivity contribution in [2.24, 2.45) is 17.3 Å². The number of carbonyl (C=O) groups is 1. The van der Waals surface area contributed by atoms with Gasteiger partial charge in [0.1, 0.15) is 0 Å². The van der Waals surface area contributed by atoms with Crippen LogP contribution in [0.1, 0.15) is 19.4 Å². The highest BCUT2D eigenvalue weighted by Gasteiger charge is 2.63. The van der Waals surface area contributed by atoms with Gasteiger partial charge in [-0.25, -0.2) is 0 Å². The van der Waals surface area contributed by atoms with Gasteiger partial charge < -0.3 is 5.11 Å². The minimum atomic E-state index is -0.841. The van der Waals surface area contributed by atoms with Crippen LogP contribution in [0.5, 0.6) is 0 Å². The topological polar surface area (TPSA) is 61.1 Å². The van der Waals surface area contributed by atoms with E-state index < -0.39 is 11.9 Å². The molecule has 2 unspecified atom stereocenters. The van der Waals surface area contributed by atoms with Gasteiger partial charge in [-0.15, -0.1) is 0 Å². The molecule has 2 rings (SSSR count). The predicted molar refractivity (Wildman–Crippen MR) is 73.4 cm³/mol. The maximum absolute atomic E-state index is 11.2. The summed E-state index contributed by atoms with van der Waals surface area (Å²) >= 11 is 5.80. The Labute approximate surface area is 117 Å². The molecule has 0 radical (unpaired) electrons. The number of hydrogen-bond donors (Lipinski definition) is 1. The van der Waals surface area contributed by atoms with Gasteiger partial charge in [0.2, 0.25) is 0 Å². The molecule has 4 heteroatoms. The summed E-state index contributed by atoms with van der Waals surface area (Å²) < 4.78 is 0. The molecule has 1 N–H and O–H groups in total. The fourth-order valence-electron chi connectivity index (χ4n) is 2.61. The molecule has 0 saturated heterocycles. The lowest BCUT2D eigenvalue weighted by atomic mass is 10.0. The molecule has 0 bridgehead atoms. The molecule has 0 amide bonds. The summed E-state index contributed by atoms with van der Waals surface area (Å²) in [6.07, 6.45) is 1.74.